The molecule has 1 fully saturated rings. The van der Waals surface area contributed by atoms with Gasteiger partial charge in [0.05, 0.1) is 0 Å². The minimum atomic E-state index is 0.267. The standard InChI is InChI=1S/C14H20N2O2/c1-2-3-14(18)16-10-8-15(9-11-16)12-4-6-13(17)7-5-12/h4-7,17H,2-3,8-11H2,1H3. The summed E-state index contributed by atoms with van der Waals surface area (Å²) >= 11 is 0. The summed E-state index contributed by atoms with van der Waals surface area (Å²) in [5.74, 6) is 0.554. The zero-order chi connectivity index (χ0) is 13.0. The van der Waals surface area contributed by atoms with E-state index in [4.69, 9.17) is 0 Å². The summed E-state index contributed by atoms with van der Waals surface area (Å²) in [5.41, 5.74) is 1.11. The number of benzene rings is 1. The normalized spacial score (nSPS) is 15.8. The molecule has 1 saturated heterocycles. The molecule has 98 valence electrons. The van der Waals surface area contributed by atoms with Gasteiger partial charge in [-0.2, -0.15) is 0 Å². The zero-order valence-electron chi connectivity index (χ0n) is 10.8. The number of carbonyl (C=O) groups is 1. The molecule has 2 rings (SSSR count). The maximum atomic E-state index is 11.8. The van der Waals surface area contributed by atoms with Crippen LogP contribution in [0, 0.1) is 0 Å². The van der Waals surface area contributed by atoms with Crippen LogP contribution in [0.25, 0.3) is 0 Å². The van der Waals surface area contributed by atoms with E-state index in [-0.39, 0.29) is 11.7 Å². The number of carbonyl (C=O) groups excluding carboxylic acids is 1. The first-order valence-corrected chi connectivity index (χ1v) is 6.52. The lowest BCUT2D eigenvalue weighted by Crippen LogP contribution is -2.48. The third kappa shape index (κ3) is 2.94. The Balaban J connectivity index is 1.90. The molecule has 0 atom stereocenters. The molecule has 0 spiro atoms. The first-order valence-electron chi connectivity index (χ1n) is 6.52. The Morgan fingerprint density at radius 3 is 2.33 bits per heavy atom. The van der Waals surface area contributed by atoms with Crippen LogP contribution in [0.15, 0.2) is 24.3 Å². The van der Waals surface area contributed by atoms with E-state index in [1.54, 1.807) is 12.1 Å². The third-order valence-electron chi connectivity index (χ3n) is 3.31. The van der Waals surface area contributed by atoms with E-state index in [1.807, 2.05) is 24.0 Å². The lowest BCUT2D eigenvalue weighted by atomic mass is 10.2. The van der Waals surface area contributed by atoms with Crippen molar-refractivity contribution in [1.82, 2.24) is 4.90 Å². The van der Waals surface area contributed by atoms with Crippen LogP contribution in [-0.2, 0) is 4.79 Å². The van der Waals surface area contributed by atoms with Gasteiger partial charge in [0.1, 0.15) is 5.75 Å². The van der Waals surface area contributed by atoms with Gasteiger partial charge in [-0.25, -0.2) is 0 Å². The second-order valence-electron chi connectivity index (χ2n) is 4.63. The summed E-state index contributed by atoms with van der Waals surface area (Å²) in [7, 11) is 0. The van der Waals surface area contributed by atoms with Crippen LogP contribution < -0.4 is 4.90 Å². The number of amides is 1. The molecular weight excluding hydrogens is 228 g/mol. The number of hydrogen-bond donors (Lipinski definition) is 1. The number of phenols is 1. The smallest absolute Gasteiger partial charge is 0.222 e. The fraction of sp³-hybridized carbons (Fsp3) is 0.500. The Bertz CT molecular complexity index is 395. The monoisotopic (exact) mass is 248 g/mol. The molecule has 1 amide bonds. The molecular formula is C14H20N2O2. The largest absolute Gasteiger partial charge is 0.508 e. The zero-order valence-corrected chi connectivity index (χ0v) is 10.8. The third-order valence-corrected chi connectivity index (χ3v) is 3.31. The lowest BCUT2D eigenvalue weighted by molar-refractivity contribution is -0.131. The van der Waals surface area contributed by atoms with Gasteiger partial charge >= 0.3 is 0 Å². The van der Waals surface area contributed by atoms with Crippen molar-refractivity contribution in [3.63, 3.8) is 0 Å². The van der Waals surface area contributed by atoms with Gasteiger partial charge in [0.2, 0.25) is 5.91 Å². The quantitative estimate of drug-likeness (QED) is 0.887. The molecule has 18 heavy (non-hydrogen) atoms. The first kappa shape index (κ1) is 12.7. The number of nitrogens with zero attached hydrogens (tertiary/aromatic N) is 2. The van der Waals surface area contributed by atoms with Gasteiger partial charge in [-0.1, -0.05) is 6.92 Å². The lowest BCUT2D eigenvalue weighted by Gasteiger charge is -2.36. The molecule has 0 bridgehead atoms. The summed E-state index contributed by atoms with van der Waals surface area (Å²) in [6, 6.07) is 7.23. The van der Waals surface area contributed by atoms with E-state index in [2.05, 4.69) is 4.90 Å². The van der Waals surface area contributed by atoms with Crippen LogP contribution in [0.2, 0.25) is 0 Å². The van der Waals surface area contributed by atoms with Crippen LogP contribution in [0.4, 0.5) is 5.69 Å². The summed E-state index contributed by atoms with van der Waals surface area (Å²) in [4.78, 5) is 16.0. The van der Waals surface area contributed by atoms with E-state index in [0.29, 0.717) is 6.42 Å². The highest BCUT2D eigenvalue weighted by molar-refractivity contribution is 5.76. The Morgan fingerprint density at radius 2 is 1.78 bits per heavy atom. The number of hydrogen-bond acceptors (Lipinski definition) is 3. The summed E-state index contributed by atoms with van der Waals surface area (Å²) in [6.45, 7) is 5.34. The SMILES string of the molecule is CCCC(=O)N1CCN(c2ccc(O)cc2)CC1. The molecule has 1 heterocycles. The molecule has 0 aromatic heterocycles. The van der Waals surface area contributed by atoms with Crippen molar-refractivity contribution >= 4 is 11.6 Å². The average Bonchev–Trinajstić information content (AvgIpc) is 2.40. The second-order valence-corrected chi connectivity index (χ2v) is 4.63. The molecule has 1 aromatic carbocycles. The number of phenolic OH excluding ortho intramolecular Hbond substituents is 1. The molecule has 1 aliphatic heterocycles. The van der Waals surface area contributed by atoms with Crippen LogP contribution in [0.3, 0.4) is 0 Å². The fourth-order valence-electron chi connectivity index (χ4n) is 2.25. The number of piperazine rings is 1. The topological polar surface area (TPSA) is 43.8 Å². The molecule has 0 saturated carbocycles. The van der Waals surface area contributed by atoms with E-state index in [1.165, 1.54) is 0 Å². The van der Waals surface area contributed by atoms with Gasteiger partial charge in [-0.05, 0) is 30.7 Å². The second kappa shape index (κ2) is 5.76. The molecule has 4 nitrogen and oxygen atoms in total. The molecule has 1 aliphatic rings. The molecule has 1 N–H and O–H groups in total. The van der Waals surface area contributed by atoms with Crippen molar-refractivity contribution in [3.8, 4) is 5.75 Å². The first-order chi connectivity index (χ1) is 8.70. The molecule has 0 aliphatic carbocycles. The van der Waals surface area contributed by atoms with E-state index in [9.17, 15) is 9.90 Å². The summed E-state index contributed by atoms with van der Waals surface area (Å²) in [6.07, 6.45) is 1.57. The van der Waals surface area contributed by atoms with Crippen LogP contribution in [0.1, 0.15) is 19.8 Å². The molecule has 4 heteroatoms. The predicted molar refractivity (Wildman–Crippen MR) is 71.8 cm³/mol. The Morgan fingerprint density at radius 1 is 1.17 bits per heavy atom. The maximum absolute atomic E-state index is 11.8. The van der Waals surface area contributed by atoms with Gasteiger partial charge in [0.15, 0.2) is 0 Å². The number of anilines is 1. The highest BCUT2D eigenvalue weighted by atomic mass is 16.3. The summed E-state index contributed by atoms with van der Waals surface area (Å²) < 4.78 is 0. The minimum Gasteiger partial charge on any atom is -0.508 e. The van der Waals surface area contributed by atoms with Crippen molar-refractivity contribution in [2.75, 3.05) is 31.1 Å². The van der Waals surface area contributed by atoms with E-state index >= 15 is 0 Å². The number of aromatic hydroxyl groups is 1. The van der Waals surface area contributed by atoms with Gasteiger partial charge in [-0.15, -0.1) is 0 Å². The van der Waals surface area contributed by atoms with Crippen molar-refractivity contribution in [3.05, 3.63) is 24.3 Å². The van der Waals surface area contributed by atoms with Crippen LogP contribution in [-0.4, -0.2) is 42.1 Å². The number of rotatable bonds is 3. The highest BCUT2D eigenvalue weighted by Crippen LogP contribution is 2.19. The van der Waals surface area contributed by atoms with E-state index < -0.39 is 0 Å². The predicted octanol–water partition coefficient (Wildman–Crippen LogP) is 1.84. The van der Waals surface area contributed by atoms with Gasteiger partial charge in [0, 0.05) is 38.3 Å². The Labute approximate surface area is 108 Å². The average molecular weight is 248 g/mol. The van der Waals surface area contributed by atoms with Crippen molar-refractivity contribution in [2.45, 2.75) is 19.8 Å². The Hall–Kier alpha value is -1.71. The minimum absolute atomic E-state index is 0.267. The molecule has 0 unspecified atom stereocenters. The van der Waals surface area contributed by atoms with Gasteiger partial charge < -0.3 is 14.9 Å². The Kier molecular flexibility index (Phi) is 4.07. The van der Waals surface area contributed by atoms with Gasteiger partial charge in [-0.3, -0.25) is 4.79 Å². The van der Waals surface area contributed by atoms with E-state index in [0.717, 1.165) is 38.3 Å². The van der Waals surface area contributed by atoms with Crippen LogP contribution >= 0.6 is 0 Å². The highest BCUT2D eigenvalue weighted by Gasteiger charge is 2.20. The molecule has 1 aromatic rings. The maximum Gasteiger partial charge on any atom is 0.222 e. The summed E-state index contributed by atoms with van der Waals surface area (Å²) in [5, 5.41) is 9.26. The van der Waals surface area contributed by atoms with Crippen molar-refractivity contribution in [2.24, 2.45) is 0 Å². The molecule has 0 radical (unpaired) electrons. The van der Waals surface area contributed by atoms with Crippen LogP contribution in [0.5, 0.6) is 5.75 Å². The van der Waals surface area contributed by atoms with Crippen molar-refractivity contribution < 1.29 is 9.90 Å². The van der Waals surface area contributed by atoms with Gasteiger partial charge in [0.25, 0.3) is 0 Å². The van der Waals surface area contributed by atoms with Crippen molar-refractivity contribution in [1.29, 1.82) is 0 Å². The fourth-order valence-corrected chi connectivity index (χ4v) is 2.25.